The topological polar surface area (TPSA) is 55.4 Å². The van der Waals surface area contributed by atoms with Gasteiger partial charge in [-0.05, 0) is 24.7 Å². The van der Waals surface area contributed by atoms with Gasteiger partial charge in [0, 0.05) is 7.11 Å². The van der Waals surface area contributed by atoms with Crippen LogP contribution in [0.5, 0.6) is 0 Å². The zero-order valence-corrected chi connectivity index (χ0v) is 8.97. The van der Waals surface area contributed by atoms with Gasteiger partial charge in [0.2, 0.25) is 10.0 Å². The summed E-state index contributed by atoms with van der Waals surface area (Å²) < 4.78 is 30.0. The Kier molecular flexibility index (Phi) is 3.62. The zero-order chi connectivity index (χ0) is 10.6. The molecule has 0 heterocycles. The third kappa shape index (κ3) is 2.54. The highest BCUT2D eigenvalue weighted by atomic mass is 32.2. The zero-order valence-electron chi connectivity index (χ0n) is 8.15. The highest BCUT2D eigenvalue weighted by molar-refractivity contribution is 7.89. The van der Waals surface area contributed by atoms with Crippen LogP contribution < -0.4 is 4.72 Å². The minimum Gasteiger partial charge on any atom is -0.380 e. The maximum Gasteiger partial charge on any atom is 0.240 e. The number of methoxy groups -OCH3 is 1. The number of sulfonamides is 1. The summed E-state index contributed by atoms with van der Waals surface area (Å²) in [5.74, 6) is 0. The van der Waals surface area contributed by atoms with Crippen LogP contribution in [0.2, 0.25) is 0 Å². The molecule has 0 aliphatic carbocycles. The number of hydrogen-bond donors (Lipinski definition) is 1. The quantitative estimate of drug-likeness (QED) is 0.806. The van der Waals surface area contributed by atoms with Crippen LogP contribution in [0.4, 0.5) is 0 Å². The molecule has 0 fully saturated rings. The first-order chi connectivity index (χ1) is 6.60. The Labute approximate surface area is 84.0 Å². The largest absolute Gasteiger partial charge is 0.380 e. The van der Waals surface area contributed by atoms with E-state index in [1.165, 1.54) is 7.05 Å². The molecular weight excluding hydrogens is 202 g/mol. The van der Waals surface area contributed by atoms with Crippen molar-refractivity contribution in [2.24, 2.45) is 0 Å². The number of rotatable bonds is 4. The summed E-state index contributed by atoms with van der Waals surface area (Å²) in [5.41, 5.74) is 0.837. The first kappa shape index (κ1) is 11.2. The lowest BCUT2D eigenvalue weighted by Crippen LogP contribution is -2.18. The van der Waals surface area contributed by atoms with Crippen molar-refractivity contribution in [3.63, 3.8) is 0 Å². The van der Waals surface area contributed by atoms with Crippen molar-refractivity contribution < 1.29 is 13.2 Å². The molecular formula is C9H13NO3S. The fourth-order valence-electron chi connectivity index (χ4n) is 1.09. The second-order valence-electron chi connectivity index (χ2n) is 2.79. The summed E-state index contributed by atoms with van der Waals surface area (Å²) in [4.78, 5) is 0.259. The van der Waals surface area contributed by atoms with Gasteiger partial charge >= 0.3 is 0 Å². The first-order valence-electron chi connectivity index (χ1n) is 4.11. The predicted molar refractivity (Wildman–Crippen MR) is 53.4 cm³/mol. The highest BCUT2D eigenvalue weighted by Crippen LogP contribution is 2.11. The molecule has 1 N–H and O–H groups in total. The summed E-state index contributed by atoms with van der Waals surface area (Å²) in [6, 6.07) is 6.65. The lowest BCUT2D eigenvalue weighted by molar-refractivity contribution is 0.184. The standard InChI is InChI=1S/C9H13NO3S/c1-10-14(11,12)9-5-3-4-8(6-9)7-13-2/h3-6,10H,7H2,1-2H3. The van der Waals surface area contributed by atoms with Gasteiger partial charge in [0.25, 0.3) is 0 Å². The molecule has 4 nitrogen and oxygen atoms in total. The number of nitrogens with one attached hydrogen (secondary N) is 1. The minimum atomic E-state index is -3.34. The molecule has 78 valence electrons. The summed E-state index contributed by atoms with van der Waals surface area (Å²) in [5, 5.41) is 0. The molecule has 1 aromatic rings. The molecule has 0 aliphatic rings. The Bertz CT molecular complexity index is 400. The van der Waals surface area contributed by atoms with Crippen LogP contribution in [0.1, 0.15) is 5.56 Å². The highest BCUT2D eigenvalue weighted by Gasteiger charge is 2.10. The number of ether oxygens (including phenoxy) is 1. The smallest absolute Gasteiger partial charge is 0.240 e. The van der Waals surface area contributed by atoms with Gasteiger partial charge in [-0.15, -0.1) is 0 Å². The predicted octanol–water partition coefficient (Wildman–Crippen LogP) is 0.741. The Morgan fingerprint density at radius 2 is 2.14 bits per heavy atom. The second-order valence-corrected chi connectivity index (χ2v) is 4.67. The van der Waals surface area contributed by atoms with E-state index in [9.17, 15) is 8.42 Å². The van der Waals surface area contributed by atoms with Crippen molar-refractivity contribution in [2.45, 2.75) is 11.5 Å². The minimum absolute atomic E-state index is 0.259. The van der Waals surface area contributed by atoms with Crippen LogP contribution in [-0.4, -0.2) is 22.6 Å². The van der Waals surface area contributed by atoms with Crippen molar-refractivity contribution in [3.8, 4) is 0 Å². The van der Waals surface area contributed by atoms with E-state index >= 15 is 0 Å². The molecule has 0 spiro atoms. The van der Waals surface area contributed by atoms with E-state index in [-0.39, 0.29) is 4.90 Å². The molecule has 0 amide bonds. The van der Waals surface area contributed by atoms with Crippen LogP contribution in [0.25, 0.3) is 0 Å². The van der Waals surface area contributed by atoms with Crippen molar-refractivity contribution >= 4 is 10.0 Å². The average molecular weight is 215 g/mol. The third-order valence-electron chi connectivity index (χ3n) is 1.79. The second kappa shape index (κ2) is 4.54. The van der Waals surface area contributed by atoms with Gasteiger partial charge in [-0.1, -0.05) is 12.1 Å². The Hall–Kier alpha value is -0.910. The van der Waals surface area contributed by atoms with Gasteiger partial charge < -0.3 is 4.74 Å². The van der Waals surface area contributed by atoms with E-state index < -0.39 is 10.0 Å². The molecule has 14 heavy (non-hydrogen) atoms. The van der Waals surface area contributed by atoms with E-state index in [4.69, 9.17) is 4.74 Å². The summed E-state index contributed by atoms with van der Waals surface area (Å²) >= 11 is 0. The number of hydrogen-bond acceptors (Lipinski definition) is 3. The van der Waals surface area contributed by atoms with Gasteiger partial charge in [0.1, 0.15) is 0 Å². The summed E-state index contributed by atoms with van der Waals surface area (Å²) in [6.07, 6.45) is 0. The molecule has 0 unspecified atom stereocenters. The van der Waals surface area contributed by atoms with E-state index in [2.05, 4.69) is 4.72 Å². The molecule has 5 heteroatoms. The Balaban J connectivity index is 3.06. The van der Waals surface area contributed by atoms with Gasteiger partial charge in [-0.2, -0.15) is 0 Å². The molecule has 1 aromatic carbocycles. The SMILES string of the molecule is CNS(=O)(=O)c1cccc(COC)c1. The molecule has 0 aromatic heterocycles. The lowest BCUT2D eigenvalue weighted by atomic mass is 10.2. The molecule has 1 rings (SSSR count). The molecule has 0 atom stereocenters. The molecule has 0 saturated carbocycles. The average Bonchev–Trinajstić information content (AvgIpc) is 2.19. The maximum absolute atomic E-state index is 11.4. The van der Waals surface area contributed by atoms with Gasteiger partial charge in [0.15, 0.2) is 0 Å². The lowest BCUT2D eigenvalue weighted by Gasteiger charge is -2.04. The normalized spacial score (nSPS) is 11.6. The third-order valence-corrected chi connectivity index (χ3v) is 3.20. The van der Waals surface area contributed by atoms with Gasteiger partial charge in [-0.3, -0.25) is 0 Å². The van der Waals surface area contributed by atoms with Crippen LogP contribution in [-0.2, 0) is 21.4 Å². The van der Waals surface area contributed by atoms with Crippen LogP contribution in [0.3, 0.4) is 0 Å². The maximum atomic E-state index is 11.4. The van der Waals surface area contributed by atoms with Crippen molar-refractivity contribution in [1.29, 1.82) is 0 Å². The van der Waals surface area contributed by atoms with Crippen LogP contribution >= 0.6 is 0 Å². The number of benzene rings is 1. The fourth-order valence-corrected chi connectivity index (χ4v) is 1.89. The van der Waals surface area contributed by atoms with Gasteiger partial charge in [-0.25, -0.2) is 13.1 Å². The summed E-state index contributed by atoms with van der Waals surface area (Å²) in [7, 11) is -0.389. The van der Waals surface area contributed by atoms with Crippen LogP contribution in [0.15, 0.2) is 29.2 Å². The van der Waals surface area contributed by atoms with Crippen molar-refractivity contribution in [2.75, 3.05) is 14.2 Å². The summed E-state index contributed by atoms with van der Waals surface area (Å²) in [6.45, 7) is 0.410. The van der Waals surface area contributed by atoms with Crippen LogP contribution in [0, 0.1) is 0 Å². The van der Waals surface area contributed by atoms with E-state index in [0.29, 0.717) is 6.61 Å². The molecule has 0 radical (unpaired) electrons. The first-order valence-corrected chi connectivity index (χ1v) is 5.60. The molecule has 0 saturated heterocycles. The molecule has 0 aliphatic heterocycles. The van der Waals surface area contributed by atoms with Gasteiger partial charge in [0.05, 0.1) is 11.5 Å². The Morgan fingerprint density at radius 3 is 2.71 bits per heavy atom. The van der Waals surface area contributed by atoms with E-state index in [1.807, 2.05) is 6.07 Å². The van der Waals surface area contributed by atoms with E-state index in [1.54, 1.807) is 25.3 Å². The van der Waals surface area contributed by atoms with Crippen molar-refractivity contribution in [1.82, 2.24) is 4.72 Å². The fraction of sp³-hybridized carbons (Fsp3) is 0.333. The Morgan fingerprint density at radius 1 is 1.43 bits per heavy atom. The van der Waals surface area contributed by atoms with Crippen molar-refractivity contribution in [3.05, 3.63) is 29.8 Å². The molecule has 0 bridgehead atoms. The van der Waals surface area contributed by atoms with E-state index in [0.717, 1.165) is 5.56 Å². The monoisotopic (exact) mass is 215 g/mol.